The molecule has 214 valence electrons. The largest absolute Gasteiger partial charge is 0.457 e. The fourth-order valence-electron chi connectivity index (χ4n) is 8.10. The lowest BCUT2D eigenvalue weighted by Gasteiger charge is -2.59. The molecule has 0 radical (unpaired) electrons. The molecule has 1 unspecified atom stereocenters. The third-order valence-electron chi connectivity index (χ3n) is 9.73. The van der Waals surface area contributed by atoms with Gasteiger partial charge >= 0.3 is 5.97 Å². The monoisotopic (exact) mass is 561 g/mol. The lowest BCUT2D eigenvalue weighted by Crippen LogP contribution is -2.63. The average Bonchev–Trinajstić information content (AvgIpc) is 3.60. The van der Waals surface area contributed by atoms with E-state index < -0.39 is 153 Å². The van der Waals surface area contributed by atoms with Gasteiger partial charge in [0, 0.05) is 44.6 Å². The molecule has 5 fully saturated rings. The van der Waals surface area contributed by atoms with E-state index in [4.69, 9.17) is 46.8 Å². The van der Waals surface area contributed by atoms with Gasteiger partial charge in [-0.05, 0) is 62.4 Å². The molecule has 0 aromatic heterocycles. The number of fused-ring (bicyclic) bond motifs is 7. The van der Waals surface area contributed by atoms with Gasteiger partial charge in [0.25, 0.3) is 0 Å². The third kappa shape index (κ3) is 3.97. The van der Waals surface area contributed by atoms with Gasteiger partial charge in [0.15, 0.2) is 24.2 Å². The van der Waals surface area contributed by atoms with Crippen LogP contribution in [-0.4, -0.2) is 54.7 Å². The van der Waals surface area contributed by atoms with E-state index in [2.05, 4.69) is 0 Å². The molecule has 0 aromatic carbocycles. The Morgan fingerprint density at radius 3 is 3.03 bits per heavy atom. The number of allylic oxidation sites excluding steroid dienone is 4. The predicted octanol–water partition coefficient (Wildman–Crippen LogP) is 4.70. The molecule has 7 heteroatoms. The maximum atomic E-state index is 15.2. The second-order valence-electron chi connectivity index (χ2n) is 11.5. The molecule has 1 heterocycles. The highest BCUT2D eigenvalue weighted by Crippen LogP contribution is 2.70. The van der Waals surface area contributed by atoms with Gasteiger partial charge in [0.2, 0.25) is 7.21 Å². The zero-order valence-electron chi connectivity index (χ0n) is 42.4. The molecule has 10 atom stereocenters. The first-order valence-corrected chi connectivity index (χ1v) is 12.9. The molecule has 1 N–H and O–H groups in total. The number of esters is 1. The van der Waals surface area contributed by atoms with E-state index >= 15 is 4.79 Å². The molecule has 0 spiro atoms. The van der Waals surface area contributed by atoms with Crippen molar-refractivity contribution in [1.82, 2.24) is 0 Å². The predicted molar refractivity (Wildman–Crippen MR) is 143 cm³/mol. The van der Waals surface area contributed by atoms with Crippen LogP contribution in [0.2, 0.25) is 0 Å². The maximum absolute atomic E-state index is 15.2. The van der Waals surface area contributed by atoms with Crippen LogP contribution in [0.4, 0.5) is 0 Å². The topological polar surface area (TPSA) is 99.1 Å². The van der Waals surface area contributed by atoms with E-state index in [9.17, 15) is 11.0 Å². The van der Waals surface area contributed by atoms with Crippen LogP contribution in [0.5, 0.6) is 0 Å². The quantitative estimate of drug-likeness (QED) is 0.469. The number of ether oxygens (including phenoxy) is 3. The summed E-state index contributed by atoms with van der Waals surface area (Å²) in [6, 6.07) is -0.902. The molecule has 1 saturated heterocycles. The Labute approximate surface area is 261 Å². The van der Waals surface area contributed by atoms with E-state index in [0.717, 1.165) is 0 Å². The summed E-state index contributed by atoms with van der Waals surface area (Å²) < 4.78 is 191. The lowest BCUT2D eigenvalue weighted by atomic mass is 9.46. The van der Waals surface area contributed by atoms with E-state index in [1.54, 1.807) is 6.92 Å². The summed E-state index contributed by atoms with van der Waals surface area (Å²) in [6.07, 6.45) is -20.7. The van der Waals surface area contributed by atoms with Gasteiger partial charge in [-0.1, -0.05) is 58.3 Å². The smallest absolute Gasteiger partial charge is 0.308 e. The SMILES string of the molecule is [2H]O[C@H]1C[C@@]2(C)[C@@H](C[C@H]3O[C@@H](C4([2H])CC([2H])([2H])C([2H])([2H])C([2H])([2H])C4([2H])[2H])O[C@]32C(=O)C([2H])([2H])OC(=O)C([2H])(C([2H])([2H])[2H])C([2H])([2H])[2H])[C@@H]2CCC3=C([2H])C(=O)C([2H])=C[C@]3(C)[C@H]21. The Morgan fingerprint density at radius 2 is 2.23 bits per heavy atom. The van der Waals surface area contributed by atoms with Gasteiger partial charge in [-0.3, -0.25) is 14.4 Å². The summed E-state index contributed by atoms with van der Waals surface area (Å²) in [4.78, 5) is 41.3. The molecule has 6 aliphatic rings. The van der Waals surface area contributed by atoms with Crippen molar-refractivity contribution in [2.45, 2.75) is 109 Å². The summed E-state index contributed by atoms with van der Waals surface area (Å²) in [7, 11) is 0. The number of carbonyl (C=O) groups is 3. The van der Waals surface area contributed by atoms with Gasteiger partial charge in [0.1, 0.15) is 0 Å². The van der Waals surface area contributed by atoms with E-state index in [1.807, 2.05) is 0 Å². The zero-order valence-corrected chi connectivity index (χ0v) is 21.4. The maximum Gasteiger partial charge on any atom is 0.308 e. The van der Waals surface area contributed by atoms with Gasteiger partial charge < -0.3 is 19.3 Å². The first kappa shape index (κ1) is 12.2. The van der Waals surface area contributed by atoms with Crippen molar-refractivity contribution in [2.75, 3.05) is 6.56 Å². The summed E-state index contributed by atoms with van der Waals surface area (Å²) in [5.41, 5.74) is -5.72. The van der Waals surface area contributed by atoms with Crippen LogP contribution >= 0.6 is 0 Å². The number of rotatable bonds is 6. The highest BCUT2D eigenvalue weighted by Gasteiger charge is 2.76. The number of Topliss-reactive ketones (excluding diaryl/α,β-unsaturated/α-hetero) is 1. The van der Waals surface area contributed by atoms with Gasteiger partial charge in [-0.25, -0.2) is 0 Å². The van der Waals surface area contributed by atoms with Gasteiger partial charge in [-0.15, -0.1) is 0 Å². The normalized spacial score (nSPS) is 63.4. The minimum absolute atomic E-state index is 0.0930. The molecule has 0 aromatic rings. The summed E-state index contributed by atoms with van der Waals surface area (Å²) in [6.45, 7) is -9.07. The van der Waals surface area contributed by atoms with E-state index in [0.29, 0.717) is 5.57 Å². The Morgan fingerprint density at radius 1 is 1.38 bits per heavy atom. The molecular formula is C32H44O7. The van der Waals surface area contributed by atoms with Crippen LogP contribution in [-0.2, 0) is 28.6 Å². The van der Waals surface area contributed by atoms with Crippen molar-refractivity contribution in [1.29, 1.82) is 1.43 Å². The minimum atomic E-state index is -4.16. The summed E-state index contributed by atoms with van der Waals surface area (Å²) >= 11 is 0. The molecule has 6 rings (SSSR count). The van der Waals surface area contributed by atoms with Crippen molar-refractivity contribution >= 4 is 17.5 Å². The first-order chi connectivity index (χ1) is 26.8. The second kappa shape index (κ2) is 9.63. The Kier molecular flexibility index (Phi) is 3.01. The van der Waals surface area contributed by atoms with Crippen LogP contribution in [0.1, 0.15) is 113 Å². The second-order valence-corrected chi connectivity index (χ2v) is 11.5. The number of hydrogen-bond acceptors (Lipinski definition) is 7. The van der Waals surface area contributed by atoms with Crippen molar-refractivity contribution in [2.24, 2.45) is 40.4 Å². The van der Waals surface area contributed by atoms with Gasteiger partial charge in [0.05, 0.1) is 23.6 Å². The summed E-state index contributed by atoms with van der Waals surface area (Å²) in [5.74, 6) is -15.1. The van der Waals surface area contributed by atoms with E-state index in [1.165, 1.54) is 13.0 Å². The molecule has 39 heavy (non-hydrogen) atoms. The lowest BCUT2D eigenvalue weighted by molar-refractivity contribution is -0.210. The van der Waals surface area contributed by atoms with Crippen LogP contribution < -0.4 is 0 Å². The fraction of sp³-hybridized carbons (Fsp3) is 0.781. The Bertz CT molecular complexity index is 1930. The number of hydrogen-bond donors (Lipinski definition) is 1. The molecular weight excluding hydrogens is 496 g/mol. The molecule has 7 nitrogen and oxygen atoms in total. The Hall–Kier alpha value is -1.83. The minimum Gasteiger partial charge on any atom is -0.457 e. The van der Waals surface area contributed by atoms with Crippen molar-refractivity contribution in [3.63, 3.8) is 0 Å². The molecule has 4 saturated carbocycles. The average molecular weight is 562 g/mol. The highest BCUT2D eigenvalue weighted by atomic mass is 16.7. The van der Waals surface area contributed by atoms with Crippen molar-refractivity contribution < 1.29 is 61.1 Å². The van der Waals surface area contributed by atoms with Crippen LogP contribution in [0.3, 0.4) is 0 Å². The standard InChI is InChI=1S/C32H44O7/c1-18(2)28(36)37-17-25(35)32-26(38-29(39-32)19-8-6-5-7-9-19)15-23-22-11-10-20-14-21(33)12-13-30(20,3)27(22)24(34)16-31(23,32)4/h12-14,18-19,22-24,26-27,29,34H,5-11,15-17H2,1-4H3/t22-,23-,24-,26+,27+,29+,30-,31-,32+/m0/s1/i1D3,2D3,5D2,6D2,7D2,8D2,12D,14D,17D2,18D,19D,34D/t19?,22-,23-,24-,26+,27+,29+,30-,31-,32+. The molecule has 0 amide bonds. The van der Waals surface area contributed by atoms with Crippen LogP contribution in [0.25, 0.3) is 0 Å². The van der Waals surface area contributed by atoms with Crippen molar-refractivity contribution in [3.8, 4) is 0 Å². The molecule has 5 aliphatic carbocycles. The zero-order chi connectivity index (χ0) is 46.0. The van der Waals surface area contributed by atoms with E-state index in [-0.39, 0.29) is 19.3 Å². The Balaban J connectivity index is 1.53. The fourth-order valence-corrected chi connectivity index (χ4v) is 8.10. The number of aliphatic hydroxyl groups excluding tert-OH is 1. The van der Waals surface area contributed by atoms with Crippen LogP contribution in [0, 0.1) is 40.4 Å². The summed E-state index contributed by atoms with van der Waals surface area (Å²) in [5, 5.41) is 5.28. The number of carbonyl (C=O) groups excluding carboxylic acids is 3. The third-order valence-corrected chi connectivity index (χ3v) is 9.73. The molecule has 0 bridgehead atoms. The molecule has 1 aliphatic heterocycles. The van der Waals surface area contributed by atoms with Gasteiger partial charge in [-0.2, -0.15) is 0 Å². The first-order valence-electron chi connectivity index (χ1n) is 23.4. The number of aliphatic hydroxyl groups is 1. The number of ketones is 2. The highest BCUT2D eigenvalue weighted by molar-refractivity contribution is 6.01. The van der Waals surface area contributed by atoms with Crippen molar-refractivity contribution in [3.05, 3.63) is 23.8 Å². The van der Waals surface area contributed by atoms with Crippen LogP contribution in [0.15, 0.2) is 23.8 Å².